The van der Waals surface area contributed by atoms with Gasteiger partial charge in [0.25, 0.3) is 0 Å². The van der Waals surface area contributed by atoms with Crippen LogP contribution in [-0.2, 0) is 4.79 Å². The van der Waals surface area contributed by atoms with Crippen molar-refractivity contribution in [2.24, 2.45) is 0 Å². The summed E-state index contributed by atoms with van der Waals surface area (Å²) in [7, 11) is 0. The van der Waals surface area contributed by atoms with Crippen LogP contribution in [-0.4, -0.2) is 5.78 Å². The minimum absolute atomic E-state index is 0.303. The van der Waals surface area contributed by atoms with E-state index in [9.17, 15) is 4.79 Å². The van der Waals surface area contributed by atoms with Crippen LogP contribution in [0.25, 0.3) is 0 Å². The van der Waals surface area contributed by atoms with Gasteiger partial charge in [-0.3, -0.25) is 0 Å². The normalized spacial score (nSPS) is 12.8. The van der Waals surface area contributed by atoms with E-state index >= 15 is 0 Å². The number of rotatable bonds is 5. The molecule has 0 fully saturated rings. The van der Waals surface area contributed by atoms with E-state index in [-0.39, 0.29) is 0 Å². The van der Waals surface area contributed by atoms with Crippen molar-refractivity contribution in [3.05, 3.63) is 21.9 Å². The fraction of sp³-hybridized carbons (Fsp3) is 0.583. The molecule has 0 bridgehead atoms. The Hall–Kier alpha value is -0.630. The number of aryl methyl sites for hydroxylation is 1. The summed E-state index contributed by atoms with van der Waals surface area (Å²) in [5, 5.41) is 0. The van der Waals surface area contributed by atoms with Gasteiger partial charge in [0.2, 0.25) is 0 Å². The summed E-state index contributed by atoms with van der Waals surface area (Å²) in [6, 6.07) is 4.37. The lowest BCUT2D eigenvalue weighted by molar-refractivity contribution is -0.117. The van der Waals surface area contributed by atoms with Gasteiger partial charge >= 0.3 is 0 Å². The van der Waals surface area contributed by atoms with Crippen LogP contribution in [0.15, 0.2) is 12.1 Å². The zero-order chi connectivity index (χ0) is 10.6. The molecule has 0 N–H and O–H groups in total. The van der Waals surface area contributed by atoms with Crippen LogP contribution in [0.4, 0.5) is 0 Å². The number of carbonyl (C=O) groups excluding carboxylic acids is 1. The van der Waals surface area contributed by atoms with Crippen LogP contribution in [0.3, 0.4) is 0 Å². The molecule has 0 aromatic carbocycles. The Balaban J connectivity index is 2.58. The molecule has 0 aliphatic carbocycles. The molecule has 0 saturated heterocycles. The van der Waals surface area contributed by atoms with E-state index in [4.69, 9.17) is 0 Å². The van der Waals surface area contributed by atoms with E-state index in [1.165, 1.54) is 9.75 Å². The number of Topliss-reactive ketones (excluding diaryl/α,β-unsaturated/α-hetero) is 1. The van der Waals surface area contributed by atoms with Gasteiger partial charge < -0.3 is 4.79 Å². The zero-order valence-corrected chi connectivity index (χ0v) is 9.99. The second-order valence-electron chi connectivity index (χ2n) is 3.79. The third-order valence-corrected chi connectivity index (χ3v) is 3.66. The highest BCUT2D eigenvalue weighted by molar-refractivity contribution is 7.12. The molecular formula is C12H18OS. The van der Waals surface area contributed by atoms with Gasteiger partial charge in [0.15, 0.2) is 0 Å². The van der Waals surface area contributed by atoms with Gasteiger partial charge in [0.05, 0.1) is 0 Å². The molecule has 14 heavy (non-hydrogen) atoms. The molecule has 1 aromatic rings. The number of thiophene rings is 1. The average Bonchev–Trinajstić information content (AvgIpc) is 2.53. The molecule has 2 heteroatoms. The first-order valence-corrected chi connectivity index (χ1v) is 6.01. The second kappa shape index (κ2) is 5.30. The number of carbonyl (C=O) groups is 1. The van der Waals surface area contributed by atoms with Crippen molar-refractivity contribution >= 4 is 17.1 Å². The van der Waals surface area contributed by atoms with E-state index in [0.29, 0.717) is 11.7 Å². The van der Waals surface area contributed by atoms with Crippen LogP contribution in [0.5, 0.6) is 0 Å². The Morgan fingerprint density at radius 1 is 1.50 bits per heavy atom. The average molecular weight is 210 g/mol. The predicted octanol–water partition coefficient (Wildman–Crippen LogP) is 3.92. The van der Waals surface area contributed by atoms with Crippen molar-refractivity contribution in [3.63, 3.8) is 0 Å². The third kappa shape index (κ3) is 3.26. The van der Waals surface area contributed by atoms with Gasteiger partial charge in [-0.15, -0.1) is 11.3 Å². The van der Waals surface area contributed by atoms with Gasteiger partial charge in [0.1, 0.15) is 5.78 Å². The van der Waals surface area contributed by atoms with E-state index in [2.05, 4.69) is 26.0 Å². The standard InChI is InChI=1S/C12H18OS/c1-4-11(7-5-9(2)13)12-8-6-10(3)14-12/h6,8,11H,4-5,7H2,1-3H3. The lowest BCUT2D eigenvalue weighted by Gasteiger charge is -2.11. The Morgan fingerprint density at radius 2 is 2.21 bits per heavy atom. The Bertz CT molecular complexity index is 301. The largest absolute Gasteiger partial charge is 0.300 e. The first-order valence-electron chi connectivity index (χ1n) is 5.19. The van der Waals surface area contributed by atoms with Gasteiger partial charge in [-0.2, -0.15) is 0 Å². The lowest BCUT2D eigenvalue weighted by atomic mass is 9.97. The highest BCUT2D eigenvalue weighted by atomic mass is 32.1. The summed E-state index contributed by atoms with van der Waals surface area (Å²) in [6.45, 7) is 6.00. The molecule has 1 aromatic heterocycles. The van der Waals surface area contributed by atoms with Crippen molar-refractivity contribution in [2.75, 3.05) is 0 Å². The fourth-order valence-electron chi connectivity index (χ4n) is 1.60. The van der Waals surface area contributed by atoms with Crippen molar-refractivity contribution in [3.8, 4) is 0 Å². The van der Waals surface area contributed by atoms with Crippen molar-refractivity contribution in [2.45, 2.75) is 46.0 Å². The minimum atomic E-state index is 0.303. The highest BCUT2D eigenvalue weighted by Crippen LogP contribution is 2.30. The summed E-state index contributed by atoms with van der Waals surface area (Å²) in [5.74, 6) is 0.884. The number of hydrogen-bond donors (Lipinski definition) is 0. The monoisotopic (exact) mass is 210 g/mol. The van der Waals surface area contributed by atoms with Crippen molar-refractivity contribution in [1.82, 2.24) is 0 Å². The molecular weight excluding hydrogens is 192 g/mol. The fourth-order valence-corrected chi connectivity index (χ4v) is 2.69. The van der Waals surface area contributed by atoms with Crippen molar-refractivity contribution < 1.29 is 4.79 Å². The quantitative estimate of drug-likeness (QED) is 0.720. The zero-order valence-electron chi connectivity index (χ0n) is 9.17. The van der Waals surface area contributed by atoms with Gasteiger partial charge in [-0.05, 0) is 44.7 Å². The van der Waals surface area contributed by atoms with Crippen molar-refractivity contribution in [1.29, 1.82) is 0 Å². The van der Waals surface area contributed by atoms with Crippen LogP contribution in [0.2, 0.25) is 0 Å². The molecule has 1 unspecified atom stereocenters. The third-order valence-electron chi connectivity index (χ3n) is 2.50. The van der Waals surface area contributed by atoms with E-state index in [1.807, 2.05) is 11.3 Å². The SMILES string of the molecule is CCC(CCC(C)=O)c1ccc(C)s1. The van der Waals surface area contributed by atoms with Crippen LogP contribution >= 0.6 is 11.3 Å². The molecule has 0 radical (unpaired) electrons. The second-order valence-corrected chi connectivity index (χ2v) is 5.11. The Morgan fingerprint density at radius 3 is 2.64 bits per heavy atom. The topological polar surface area (TPSA) is 17.1 Å². The van der Waals surface area contributed by atoms with Crippen LogP contribution in [0, 0.1) is 6.92 Å². The molecule has 78 valence electrons. The summed E-state index contributed by atoms with van der Waals surface area (Å²) in [4.78, 5) is 13.7. The molecule has 0 aliphatic heterocycles. The first kappa shape index (κ1) is 11.4. The molecule has 1 nitrogen and oxygen atoms in total. The minimum Gasteiger partial charge on any atom is -0.300 e. The maximum Gasteiger partial charge on any atom is 0.129 e. The number of hydrogen-bond acceptors (Lipinski definition) is 2. The van der Waals surface area contributed by atoms with E-state index < -0.39 is 0 Å². The molecule has 0 spiro atoms. The van der Waals surface area contributed by atoms with Crippen LogP contribution < -0.4 is 0 Å². The molecule has 1 atom stereocenters. The van der Waals surface area contributed by atoms with E-state index in [1.54, 1.807) is 6.92 Å². The van der Waals surface area contributed by atoms with Gasteiger partial charge in [-0.25, -0.2) is 0 Å². The predicted molar refractivity (Wildman–Crippen MR) is 62.0 cm³/mol. The highest BCUT2D eigenvalue weighted by Gasteiger charge is 2.11. The van der Waals surface area contributed by atoms with Gasteiger partial charge in [-0.1, -0.05) is 6.92 Å². The summed E-state index contributed by atoms with van der Waals surface area (Å²) in [5.41, 5.74) is 0. The Kier molecular flexibility index (Phi) is 4.33. The lowest BCUT2D eigenvalue weighted by Crippen LogP contribution is -1.98. The van der Waals surface area contributed by atoms with Gasteiger partial charge in [0, 0.05) is 16.2 Å². The molecule has 0 aliphatic rings. The summed E-state index contributed by atoms with van der Waals surface area (Å²) < 4.78 is 0. The molecule has 0 saturated carbocycles. The smallest absolute Gasteiger partial charge is 0.129 e. The maximum atomic E-state index is 10.9. The molecule has 1 heterocycles. The molecule has 0 amide bonds. The summed E-state index contributed by atoms with van der Waals surface area (Å²) >= 11 is 1.86. The number of ketones is 1. The van der Waals surface area contributed by atoms with E-state index in [0.717, 1.165) is 19.3 Å². The van der Waals surface area contributed by atoms with Crippen LogP contribution in [0.1, 0.15) is 48.8 Å². The molecule has 1 rings (SSSR count). The summed E-state index contributed by atoms with van der Waals surface area (Å²) in [6.07, 6.45) is 2.86. The maximum absolute atomic E-state index is 10.9. The first-order chi connectivity index (χ1) is 6.63. The Labute approximate surface area is 90.2 Å².